The molecule has 8 rings (SSSR count). The molecule has 0 spiro atoms. The van der Waals surface area contributed by atoms with E-state index in [1.54, 1.807) is 0 Å². The predicted molar refractivity (Wildman–Crippen MR) is 214 cm³/mol. The SMILES string of the molecule is C1=CC(N(c2ccccc2)c2ccc(-c3ccc(/C=C/c4ccc(N(c5ccccc5)c5cccc6ccccc56)cc4)cc3)cc2)=CCC1. The highest BCUT2D eigenvalue weighted by molar-refractivity contribution is 5.99. The number of benzene rings is 7. The van der Waals surface area contributed by atoms with E-state index in [-0.39, 0.29) is 0 Å². The van der Waals surface area contributed by atoms with E-state index >= 15 is 0 Å². The average molecular weight is 643 g/mol. The number of anilines is 5. The molecule has 0 unspecified atom stereocenters. The van der Waals surface area contributed by atoms with Crippen molar-refractivity contribution in [2.75, 3.05) is 9.80 Å². The molecule has 0 saturated carbocycles. The van der Waals surface area contributed by atoms with Crippen LogP contribution < -0.4 is 9.80 Å². The van der Waals surface area contributed by atoms with Gasteiger partial charge in [-0.3, -0.25) is 0 Å². The van der Waals surface area contributed by atoms with Crippen LogP contribution >= 0.6 is 0 Å². The third kappa shape index (κ3) is 6.65. The zero-order valence-corrected chi connectivity index (χ0v) is 27.9. The van der Waals surface area contributed by atoms with E-state index in [0.29, 0.717) is 0 Å². The molecule has 2 heteroatoms. The van der Waals surface area contributed by atoms with Gasteiger partial charge < -0.3 is 9.80 Å². The van der Waals surface area contributed by atoms with E-state index in [0.717, 1.165) is 35.5 Å². The van der Waals surface area contributed by atoms with Crippen LogP contribution in [0.3, 0.4) is 0 Å². The standard InChI is InChI=1S/C48H38N2/c1-4-15-42(16-5-1)49(43-17-6-2-7-18-43)45-35-31-40(32-36-45)39-29-25-37(26-30-39)23-24-38-27-33-46(34-28-38)50(44-19-8-3-9-20-44)48-22-12-14-41-13-10-11-21-47(41)48/h1,3-6,8-36H,2,7H2/b24-23+. The normalized spacial score (nSPS) is 12.6. The van der Waals surface area contributed by atoms with Gasteiger partial charge in [0.05, 0.1) is 5.69 Å². The van der Waals surface area contributed by atoms with Crippen molar-refractivity contribution < 1.29 is 0 Å². The van der Waals surface area contributed by atoms with Crippen molar-refractivity contribution >= 4 is 51.4 Å². The number of hydrogen-bond donors (Lipinski definition) is 0. The number of hydrogen-bond acceptors (Lipinski definition) is 2. The molecule has 0 saturated heterocycles. The Balaban J connectivity index is 0.997. The lowest BCUT2D eigenvalue weighted by Crippen LogP contribution is -2.16. The van der Waals surface area contributed by atoms with E-state index in [1.165, 1.54) is 44.5 Å². The van der Waals surface area contributed by atoms with E-state index in [2.05, 4.69) is 216 Å². The third-order valence-corrected chi connectivity index (χ3v) is 9.26. The smallest absolute Gasteiger partial charge is 0.0540 e. The van der Waals surface area contributed by atoms with Crippen LogP contribution in [0.1, 0.15) is 24.0 Å². The summed E-state index contributed by atoms with van der Waals surface area (Å²) in [5, 5.41) is 2.46. The topological polar surface area (TPSA) is 6.48 Å². The highest BCUT2D eigenvalue weighted by Gasteiger charge is 2.16. The molecule has 2 nitrogen and oxygen atoms in total. The van der Waals surface area contributed by atoms with Crippen LogP contribution in [0.25, 0.3) is 34.1 Å². The minimum absolute atomic E-state index is 1.07. The van der Waals surface area contributed by atoms with E-state index in [9.17, 15) is 0 Å². The monoisotopic (exact) mass is 642 g/mol. The third-order valence-electron chi connectivity index (χ3n) is 9.26. The first kappa shape index (κ1) is 30.9. The van der Waals surface area contributed by atoms with E-state index < -0.39 is 0 Å². The van der Waals surface area contributed by atoms with Crippen LogP contribution in [-0.2, 0) is 0 Å². The maximum absolute atomic E-state index is 2.34. The molecular formula is C48H38N2. The van der Waals surface area contributed by atoms with Crippen LogP contribution in [0.15, 0.2) is 200 Å². The Kier molecular flexibility index (Phi) is 8.90. The highest BCUT2D eigenvalue weighted by atomic mass is 15.1. The van der Waals surface area contributed by atoms with Gasteiger partial charge in [-0.1, -0.05) is 146 Å². The maximum Gasteiger partial charge on any atom is 0.0540 e. The molecule has 0 radical (unpaired) electrons. The highest BCUT2D eigenvalue weighted by Crippen LogP contribution is 2.39. The van der Waals surface area contributed by atoms with Gasteiger partial charge in [0.15, 0.2) is 0 Å². The first-order valence-corrected chi connectivity index (χ1v) is 17.3. The van der Waals surface area contributed by atoms with Crippen LogP contribution in [0.4, 0.5) is 28.4 Å². The van der Waals surface area contributed by atoms with Gasteiger partial charge in [0.25, 0.3) is 0 Å². The second-order valence-corrected chi connectivity index (χ2v) is 12.5. The van der Waals surface area contributed by atoms with Gasteiger partial charge in [-0.15, -0.1) is 0 Å². The predicted octanol–water partition coefficient (Wildman–Crippen LogP) is 13.5. The average Bonchev–Trinajstić information content (AvgIpc) is 3.20. The lowest BCUT2D eigenvalue weighted by molar-refractivity contribution is 0.997. The lowest BCUT2D eigenvalue weighted by Gasteiger charge is -2.27. The van der Waals surface area contributed by atoms with Gasteiger partial charge in [0, 0.05) is 33.8 Å². The van der Waals surface area contributed by atoms with Gasteiger partial charge in [0.1, 0.15) is 0 Å². The van der Waals surface area contributed by atoms with Gasteiger partial charge in [-0.05, 0) is 101 Å². The molecule has 0 heterocycles. The zero-order valence-electron chi connectivity index (χ0n) is 27.9. The van der Waals surface area contributed by atoms with Crippen LogP contribution in [-0.4, -0.2) is 0 Å². The van der Waals surface area contributed by atoms with Gasteiger partial charge in [-0.25, -0.2) is 0 Å². The first-order chi connectivity index (χ1) is 24.8. The quantitative estimate of drug-likeness (QED) is 0.145. The Morgan fingerprint density at radius 1 is 0.400 bits per heavy atom. The van der Waals surface area contributed by atoms with Gasteiger partial charge >= 0.3 is 0 Å². The Bertz CT molecular complexity index is 2280. The lowest BCUT2D eigenvalue weighted by atomic mass is 10.0. The number of fused-ring (bicyclic) bond motifs is 1. The summed E-state index contributed by atoms with van der Waals surface area (Å²) in [6.07, 6.45) is 13.4. The summed E-state index contributed by atoms with van der Waals surface area (Å²) in [6, 6.07) is 62.8. The zero-order chi connectivity index (χ0) is 33.5. The van der Waals surface area contributed by atoms with Crippen molar-refractivity contribution in [2.45, 2.75) is 12.8 Å². The second kappa shape index (κ2) is 14.4. The fraction of sp³-hybridized carbons (Fsp3) is 0.0417. The Hall–Kier alpha value is -6.38. The van der Waals surface area contributed by atoms with Gasteiger partial charge in [-0.2, -0.15) is 0 Å². The molecule has 7 aromatic carbocycles. The van der Waals surface area contributed by atoms with Crippen LogP contribution in [0, 0.1) is 0 Å². The molecule has 0 aliphatic heterocycles. The molecule has 7 aromatic rings. The Labute approximate surface area is 295 Å². The van der Waals surface area contributed by atoms with Gasteiger partial charge in [0.2, 0.25) is 0 Å². The Morgan fingerprint density at radius 3 is 1.54 bits per heavy atom. The minimum Gasteiger partial charge on any atom is -0.311 e. The molecule has 50 heavy (non-hydrogen) atoms. The number of rotatable bonds is 9. The summed E-state index contributed by atoms with van der Waals surface area (Å²) >= 11 is 0. The van der Waals surface area contributed by atoms with Crippen LogP contribution in [0.5, 0.6) is 0 Å². The number of allylic oxidation sites excluding steroid dienone is 3. The van der Waals surface area contributed by atoms with Crippen molar-refractivity contribution in [3.63, 3.8) is 0 Å². The van der Waals surface area contributed by atoms with Crippen molar-refractivity contribution in [3.8, 4) is 11.1 Å². The molecule has 0 bridgehead atoms. The molecule has 1 aliphatic rings. The maximum atomic E-state index is 2.34. The largest absolute Gasteiger partial charge is 0.311 e. The first-order valence-electron chi connectivity index (χ1n) is 17.3. The summed E-state index contributed by atoms with van der Waals surface area (Å²) in [4.78, 5) is 4.67. The minimum atomic E-state index is 1.07. The summed E-state index contributed by atoms with van der Waals surface area (Å²) in [5.41, 5.74) is 11.7. The van der Waals surface area contributed by atoms with E-state index in [1.807, 2.05) is 0 Å². The van der Waals surface area contributed by atoms with E-state index in [4.69, 9.17) is 0 Å². The molecule has 0 atom stereocenters. The fourth-order valence-electron chi connectivity index (χ4n) is 6.71. The van der Waals surface area contributed by atoms with Crippen molar-refractivity contribution in [2.24, 2.45) is 0 Å². The van der Waals surface area contributed by atoms with Crippen LogP contribution in [0.2, 0.25) is 0 Å². The number of nitrogens with zero attached hydrogens (tertiary/aromatic N) is 2. The molecule has 0 fully saturated rings. The molecule has 0 amide bonds. The summed E-state index contributed by atoms with van der Waals surface area (Å²) in [5.74, 6) is 0. The molecule has 0 N–H and O–H groups in total. The molecule has 0 aromatic heterocycles. The summed E-state index contributed by atoms with van der Waals surface area (Å²) < 4.78 is 0. The Morgan fingerprint density at radius 2 is 0.900 bits per heavy atom. The van der Waals surface area contributed by atoms with Crippen molar-refractivity contribution in [3.05, 3.63) is 211 Å². The van der Waals surface area contributed by atoms with Crippen molar-refractivity contribution in [1.29, 1.82) is 0 Å². The summed E-state index contributed by atoms with van der Waals surface area (Å²) in [6.45, 7) is 0. The summed E-state index contributed by atoms with van der Waals surface area (Å²) in [7, 11) is 0. The van der Waals surface area contributed by atoms with Crippen molar-refractivity contribution in [1.82, 2.24) is 0 Å². The molecule has 240 valence electrons. The fourth-order valence-corrected chi connectivity index (χ4v) is 6.71. The number of para-hydroxylation sites is 2. The molecule has 1 aliphatic carbocycles. The molecular weight excluding hydrogens is 605 g/mol. The second-order valence-electron chi connectivity index (χ2n) is 12.5.